The van der Waals surface area contributed by atoms with Crippen LogP contribution in [0.1, 0.15) is 10.4 Å². The monoisotopic (exact) mass is 467 g/mol. The average molecular weight is 468 g/mol. The van der Waals surface area contributed by atoms with Crippen LogP contribution in [0.25, 0.3) is 0 Å². The zero-order valence-electron chi connectivity index (χ0n) is 17.6. The lowest BCUT2D eigenvalue weighted by Gasteiger charge is -2.20. The third kappa shape index (κ3) is 4.90. The lowest BCUT2D eigenvalue weighted by atomic mass is 10.2. The molecule has 0 saturated heterocycles. The third-order valence-electron chi connectivity index (χ3n) is 4.94. The molecule has 0 fully saturated rings. The van der Waals surface area contributed by atoms with Gasteiger partial charge in [-0.3, -0.25) is 13.9 Å². The number of nitrogens with zero attached hydrogens (tertiary/aromatic N) is 1. The van der Waals surface area contributed by atoms with Gasteiger partial charge >= 0.3 is 0 Å². The molecule has 0 radical (unpaired) electrons. The Morgan fingerprint density at radius 2 is 1.70 bits per heavy atom. The van der Waals surface area contributed by atoms with Gasteiger partial charge in [-0.25, -0.2) is 8.42 Å². The first kappa shape index (κ1) is 22.2. The van der Waals surface area contributed by atoms with Gasteiger partial charge in [0.1, 0.15) is 0 Å². The van der Waals surface area contributed by atoms with E-state index in [1.54, 1.807) is 48.5 Å². The van der Waals surface area contributed by atoms with Crippen LogP contribution in [-0.4, -0.2) is 40.6 Å². The van der Waals surface area contributed by atoms with E-state index in [1.807, 2.05) is 0 Å². The van der Waals surface area contributed by atoms with Crippen molar-refractivity contribution in [1.29, 1.82) is 0 Å². The number of para-hydroxylation sites is 1. The van der Waals surface area contributed by atoms with E-state index in [0.29, 0.717) is 28.4 Å². The van der Waals surface area contributed by atoms with Gasteiger partial charge in [0.2, 0.25) is 12.7 Å². The van der Waals surface area contributed by atoms with Crippen LogP contribution in [0.4, 0.5) is 11.4 Å². The van der Waals surface area contributed by atoms with Gasteiger partial charge in [-0.15, -0.1) is 0 Å². The summed E-state index contributed by atoms with van der Waals surface area (Å²) in [5.74, 6) is 0.0574. The fourth-order valence-electron chi connectivity index (χ4n) is 3.17. The van der Waals surface area contributed by atoms with E-state index in [0.717, 1.165) is 0 Å². The van der Waals surface area contributed by atoms with Gasteiger partial charge < -0.3 is 20.1 Å². The standard InChI is InChI=1S/C23H21N3O6S/c1-26(18-7-3-2-4-8-18)33(29,30)19-9-5-6-17(13-19)25-22(27)14-24-23(28)16-10-11-20-21(12-16)32-15-31-20/h2-13H,14-15H2,1H3,(H,24,28)(H,25,27). The Bertz CT molecular complexity index is 1290. The summed E-state index contributed by atoms with van der Waals surface area (Å²) in [6.07, 6.45) is 0. The molecule has 10 heteroatoms. The number of hydrogen-bond acceptors (Lipinski definition) is 6. The SMILES string of the molecule is CN(c1ccccc1)S(=O)(=O)c1cccc(NC(=O)CNC(=O)c2ccc3c(c2)OCO3)c1. The van der Waals surface area contributed by atoms with Crippen LogP contribution in [0.3, 0.4) is 0 Å². The number of hydrogen-bond donors (Lipinski definition) is 2. The number of anilines is 2. The molecule has 0 aliphatic carbocycles. The minimum atomic E-state index is -3.83. The van der Waals surface area contributed by atoms with Crippen molar-refractivity contribution in [2.45, 2.75) is 4.90 Å². The zero-order chi connectivity index (χ0) is 23.4. The lowest BCUT2D eigenvalue weighted by molar-refractivity contribution is -0.115. The van der Waals surface area contributed by atoms with Crippen molar-refractivity contribution in [3.8, 4) is 11.5 Å². The van der Waals surface area contributed by atoms with Crippen LogP contribution in [0.2, 0.25) is 0 Å². The first-order valence-electron chi connectivity index (χ1n) is 9.96. The minimum Gasteiger partial charge on any atom is -0.454 e. The van der Waals surface area contributed by atoms with Crippen molar-refractivity contribution in [2.75, 3.05) is 30.0 Å². The Morgan fingerprint density at radius 3 is 2.48 bits per heavy atom. The molecule has 0 saturated carbocycles. The zero-order valence-corrected chi connectivity index (χ0v) is 18.5. The summed E-state index contributed by atoms with van der Waals surface area (Å²) in [7, 11) is -2.37. The van der Waals surface area contributed by atoms with E-state index in [-0.39, 0.29) is 18.2 Å². The number of fused-ring (bicyclic) bond motifs is 1. The molecule has 2 N–H and O–H groups in total. The summed E-state index contributed by atoms with van der Waals surface area (Å²) in [5, 5.41) is 5.12. The smallest absolute Gasteiger partial charge is 0.264 e. The Kier molecular flexibility index (Phi) is 6.18. The van der Waals surface area contributed by atoms with E-state index in [9.17, 15) is 18.0 Å². The molecule has 0 bridgehead atoms. The molecule has 0 unspecified atom stereocenters. The fraction of sp³-hybridized carbons (Fsp3) is 0.130. The number of benzene rings is 3. The van der Waals surface area contributed by atoms with E-state index in [1.165, 1.54) is 35.6 Å². The molecule has 1 aliphatic heterocycles. The van der Waals surface area contributed by atoms with Crippen LogP contribution < -0.4 is 24.4 Å². The van der Waals surface area contributed by atoms with E-state index < -0.39 is 21.8 Å². The largest absolute Gasteiger partial charge is 0.454 e. The molecule has 3 aromatic carbocycles. The summed E-state index contributed by atoms with van der Waals surface area (Å²) in [4.78, 5) is 24.7. The highest BCUT2D eigenvalue weighted by molar-refractivity contribution is 7.92. The third-order valence-corrected chi connectivity index (χ3v) is 6.72. The van der Waals surface area contributed by atoms with Crippen LogP contribution in [-0.2, 0) is 14.8 Å². The van der Waals surface area contributed by atoms with Crippen molar-refractivity contribution in [1.82, 2.24) is 5.32 Å². The summed E-state index contributed by atoms with van der Waals surface area (Å²) in [6.45, 7) is -0.201. The second-order valence-corrected chi connectivity index (χ2v) is 9.10. The van der Waals surface area contributed by atoms with Crippen molar-refractivity contribution >= 4 is 33.2 Å². The molecule has 1 heterocycles. The van der Waals surface area contributed by atoms with Crippen LogP contribution in [0.15, 0.2) is 77.7 Å². The topological polar surface area (TPSA) is 114 Å². The number of carbonyl (C=O) groups is 2. The molecule has 0 aromatic heterocycles. The first-order valence-corrected chi connectivity index (χ1v) is 11.4. The maximum absolute atomic E-state index is 13.0. The molecule has 170 valence electrons. The van der Waals surface area contributed by atoms with Gasteiger partial charge in [0.25, 0.3) is 15.9 Å². The Balaban J connectivity index is 1.39. The number of sulfonamides is 1. The molecular formula is C23H21N3O6S. The average Bonchev–Trinajstić information content (AvgIpc) is 3.31. The molecule has 0 spiro atoms. The Morgan fingerprint density at radius 1 is 0.939 bits per heavy atom. The molecule has 33 heavy (non-hydrogen) atoms. The number of rotatable bonds is 7. The van der Waals surface area contributed by atoms with Gasteiger partial charge in [-0.05, 0) is 48.5 Å². The molecular weight excluding hydrogens is 446 g/mol. The fourth-order valence-corrected chi connectivity index (χ4v) is 4.42. The van der Waals surface area contributed by atoms with E-state index >= 15 is 0 Å². The van der Waals surface area contributed by atoms with E-state index in [4.69, 9.17) is 9.47 Å². The predicted molar refractivity (Wildman–Crippen MR) is 122 cm³/mol. The highest BCUT2D eigenvalue weighted by Crippen LogP contribution is 2.32. The summed E-state index contributed by atoms with van der Waals surface area (Å²) in [5.41, 5.74) is 1.13. The first-order chi connectivity index (χ1) is 15.8. The van der Waals surface area contributed by atoms with Crippen molar-refractivity contribution in [3.05, 3.63) is 78.4 Å². The molecule has 3 aromatic rings. The number of ether oxygens (including phenoxy) is 2. The van der Waals surface area contributed by atoms with Gasteiger partial charge in [-0.2, -0.15) is 0 Å². The van der Waals surface area contributed by atoms with Gasteiger partial charge in [0, 0.05) is 18.3 Å². The lowest BCUT2D eigenvalue weighted by Crippen LogP contribution is -2.33. The highest BCUT2D eigenvalue weighted by Gasteiger charge is 2.22. The van der Waals surface area contributed by atoms with Crippen LogP contribution in [0, 0.1) is 0 Å². The molecule has 4 rings (SSSR count). The maximum atomic E-state index is 13.0. The van der Waals surface area contributed by atoms with Gasteiger partial charge in [0.15, 0.2) is 11.5 Å². The quantitative estimate of drug-likeness (QED) is 0.552. The second-order valence-electron chi connectivity index (χ2n) is 7.13. The minimum absolute atomic E-state index is 0.0241. The van der Waals surface area contributed by atoms with Crippen LogP contribution >= 0.6 is 0 Å². The van der Waals surface area contributed by atoms with Gasteiger partial charge in [-0.1, -0.05) is 24.3 Å². The normalized spacial score (nSPS) is 12.2. The highest BCUT2D eigenvalue weighted by atomic mass is 32.2. The molecule has 1 aliphatic rings. The van der Waals surface area contributed by atoms with Crippen molar-refractivity contribution in [3.63, 3.8) is 0 Å². The van der Waals surface area contributed by atoms with Gasteiger partial charge in [0.05, 0.1) is 17.1 Å². The number of nitrogens with one attached hydrogen (secondary N) is 2. The molecule has 9 nitrogen and oxygen atoms in total. The Labute approximate surface area is 191 Å². The van der Waals surface area contributed by atoms with Crippen molar-refractivity contribution < 1.29 is 27.5 Å². The van der Waals surface area contributed by atoms with Crippen molar-refractivity contribution in [2.24, 2.45) is 0 Å². The van der Waals surface area contributed by atoms with Crippen LogP contribution in [0.5, 0.6) is 11.5 Å². The molecule has 0 atom stereocenters. The predicted octanol–water partition coefficient (Wildman–Crippen LogP) is 2.61. The summed E-state index contributed by atoms with van der Waals surface area (Å²) in [6, 6.07) is 19.3. The second kappa shape index (κ2) is 9.21. The Hall–Kier alpha value is -4.05. The maximum Gasteiger partial charge on any atom is 0.264 e. The number of amides is 2. The molecule has 2 amide bonds. The summed E-state index contributed by atoms with van der Waals surface area (Å²) >= 11 is 0. The number of carbonyl (C=O) groups excluding carboxylic acids is 2. The van der Waals surface area contributed by atoms with E-state index in [2.05, 4.69) is 10.6 Å². The summed E-state index contributed by atoms with van der Waals surface area (Å²) < 4.78 is 37.5.